The van der Waals surface area contributed by atoms with Gasteiger partial charge in [0, 0.05) is 6.42 Å². The van der Waals surface area contributed by atoms with Gasteiger partial charge in [0.1, 0.15) is 0 Å². The van der Waals surface area contributed by atoms with Crippen LogP contribution in [0.15, 0.2) is 12.2 Å². The quantitative estimate of drug-likeness (QED) is 0.454. The lowest BCUT2D eigenvalue weighted by molar-refractivity contribution is -0.114. The molecule has 0 aromatic rings. The topological polar surface area (TPSA) is 17.1 Å². The van der Waals surface area contributed by atoms with Gasteiger partial charge in [-0.15, -0.1) is 12.4 Å². The number of hydrogen-bond acceptors (Lipinski definition) is 1. The minimum Gasteiger partial charge on any atom is -0.295 e. The number of ketones is 1. The minimum atomic E-state index is 0. The second kappa shape index (κ2) is 11.7. The molecule has 2 heteroatoms. The zero-order valence-corrected chi connectivity index (χ0v) is 9.53. The van der Waals surface area contributed by atoms with Crippen molar-refractivity contribution in [3.63, 3.8) is 0 Å². The van der Waals surface area contributed by atoms with E-state index in [2.05, 4.69) is 6.92 Å². The van der Waals surface area contributed by atoms with E-state index in [-0.39, 0.29) is 18.2 Å². The fraction of sp³-hybridized carbons (Fsp3) is 0.727. The molecule has 0 heterocycles. The van der Waals surface area contributed by atoms with E-state index in [0.29, 0.717) is 6.42 Å². The Morgan fingerprint density at radius 3 is 2.38 bits per heavy atom. The third kappa shape index (κ3) is 11.7. The number of unbranched alkanes of at least 4 members (excludes halogenated alkanes) is 3. The summed E-state index contributed by atoms with van der Waals surface area (Å²) >= 11 is 0. The Kier molecular flexibility index (Phi) is 13.7. The van der Waals surface area contributed by atoms with Gasteiger partial charge in [-0.1, -0.05) is 32.8 Å². The number of allylic oxidation sites excluding steroid dienone is 2. The molecular formula is C11H21ClO. The molecule has 0 saturated heterocycles. The Balaban J connectivity index is 0. The summed E-state index contributed by atoms with van der Waals surface area (Å²) < 4.78 is 0. The molecule has 0 aliphatic heterocycles. The molecular weight excluding hydrogens is 184 g/mol. The van der Waals surface area contributed by atoms with Crippen LogP contribution in [0.1, 0.15) is 52.4 Å². The summed E-state index contributed by atoms with van der Waals surface area (Å²) in [6.07, 6.45) is 10.2. The highest BCUT2D eigenvalue weighted by atomic mass is 35.5. The first-order valence-electron chi connectivity index (χ1n) is 5.00. The first-order valence-corrected chi connectivity index (χ1v) is 5.00. The molecule has 0 radical (unpaired) electrons. The molecule has 0 bridgehead atoms. The molecule has 0 saturated carbocycles. The van der Waals surface area contributed by atoms with Gasteiger partial charge in [0.2, 0.25) is 0 Å². The molecule has 0 aliphatic rings. The highest BCUT2D eigenvalue weighted by Gasteiger charge is 1.91. The maximum Gasteiger partial charge on any atom is 0.155 e. The van der Waals surface area contributed by atoms with Gasteiger partial charge >= 0.3 is 0 Å². The van der Waals surface area contributed by atoms with Gasteiger partial charge in [-0.3, -0.25) is 4.79 Å². The number of carbonyl (C=O) groups excluding carboxylic acids is 1. The van der Waals surface area contributed by atoms with E-state index in [1.807, 2.05) is 13.0 Å². The molecule has 0 fully saturated rings. The SMILES string of the molecule is CCCCCC=CC(=O)CCC.Cl. The van der Waals surface area contributed by atoms with Gasteiger partial charge in [-0.05, 0) is 25.3 Å². The fourth-order valence-corrected chi connectivity index (χ4v) is 1.06. The van der Waals surface area contributed by atoms with Gasteiger partial charge in [0.05, 0.1) is 0 Å². The van der Waals surface area contributed by atoms with Crippen LogP contribution in [0.3, 0.4) is 0 Å². The van der Waals surface area contributed by atoms with Crippen molar-refractivity contribution >= 4 is 18.2 Å². The summed E-state index contributed by atoms with van der Waals surface area (Å²) in [5.74, 6) is 0.272. The van der Waals surface area contributed by atoms with Gasteiger partial charge < -0.3 is 0 Å². The van der Waals surface area contributed by atoms with Crippen LogP contribution in [-0.2, 0) is 4.79 Å². The van der Waals surface area contributed by atoms with E-state index in [1.54, 1.807) is 6.08 Å². The zero-order chi connectivity index (χ0) is 9.23. The first-order chi connectivity index (χ1) is 5.81. The Morgan fingerprint density at radius 1 is 1.15 bits per heavy atom. The van der Waals surface area contributed by atoms with Gasteiger partial charge in [-0.2, -0.15) is 0 Å². The van der Waals surface area contributed by atoms with E-state index < -0.39 is 0 Å². The number of hydrogen-bond donors (Lipinski definition) is 0. The standard InChI is InChI=1S/C11H20O.ClH/c1-3-5-6-7-8-10-11(12)9-4-2;/h8,10H,3-7,9H2,1-2H3;1H. The predicted molar refractivity (Wildman–Crippen MR) is 60.4 cm³/mol. The minimum absolute atomic E-state index is 0. The van der Waals surface area contributed by atoms with Crippen LogP contribution in [0.2, 0.25) is 0 Å². The van der Waals surface area contributed by atoms with Crippen molar-refractivity contribution in [1.82, 2.24) is 0 Å². The van der Waals surface area contributed by atoms with Gasteiger partial charge in [0.25, 0.3) is 0 Å². The Labute approximate surface area is 88.0 Å². The maximum absolute atomic E-state index is 11.0. The second-order valence-electron chi connectivity index (χ2n) is 3.11. The summed E-state index contributed by atoms with van der Waals surface area (Å²) in [6.45, 7) is 4.22. The van der Waals surface area contributed by atoms with E-state index in [4.69, 9.17) is 0 Å². The third-order valence-electron chi connectivity index (χ3n) is 1.77. The Hall–Kier alpha value is -0.300. The van der Waals surface area contributed by atoms with Crippen LogP contribution < -0.4 is 0 Å². The number of halogens is 1. The van der Waals surface area contributed by atoms with Crippen LogP contribution in [0.25, 0.3) is 0 Å². The molecule has 0 unspecified atom stereocenters. The van der Waals surface area contributed by atoms with Crippen LogP contribution >= 0.6 is 12.4 Å². The van der Waals surface area contributed by atoms with Crippen LogP contribution in [0.4, 0.5) is 0 Å². The van der Waals surface area contributed by atoms with Crippen LogP contribution in [0.5, 0.6) is 0 Å². The Morgan fingerprint density at radius 2 is 1.85 bits per heavy atom. The van der Waals surface area contributed by atoms with Crippen molar-refractivity contribution in [2.75, 3.05) is 0 Å². The van der Waals surface area contributed by atoms with Crippen molar-refractivity contribution in [3.05, 3.63) is 12.2 Å². The average Bonchev–Trinajstić information content (AvgIpc) is 2.05. The van der Waals surface area contributed by atoms with Crippen molar-refractivity contribution in [1.29, 1.82) is 0 Å². The van der Waals surface area contributed by atoms with Gasteiger partial charge in [0.15, 0.2) is 5.78 Å². The molecule has 0 aromatic carbocycles. The van der Waals surface area contributed by atoms with E-state index in [0.717, 1.165) is 12.8 Å². The molecule has 1 nitrogen and oxygen atoms in total. The third-order valence-corrected chi connectivity index (χ3v) is 1.77. The summed E-state index contributed by atoms with van der Waals surface area (Å²) in [5, 5.41) is 0. The summed E-state index contributed by atoms with van der Waals surface area (Å²) in [4.78, 5) is 11.0. The summed E-state index contributed by atoms with van der Waals surface area (Å²) in [5.41, 5.74) is 0. The molecule has 0 aliphatic carbocycles. The largest absolute Gasteiger partial charge is 0.295 e. The summed E-state index contributed by atoms with van der Waals surface area (Å²) in [7, 11) is 0. The monoisotopic (exact) mass is 204 g/mol. The fourth-order valence-electron chi connectivity index (χ4n) is 1.06. The normalized spacial score (nSPS) is 10.0. The predicted octanol–water partition coefficient (Wildman–Crippen LogP) is 3.91. The van der Waals surface area contributed by atoms with E-state index >= 15 is 0 Å². The molecule has 0 aromatic heterocycles. The number of rotatable bonds is 7. The van der Waals surface area contributed by atoms with E-state index in [1.165, 1.54) is 19.3 Å². The van der Waals surface area contributed by atoms with Crippen LogP contribution in [-0.4, -0.2) is 5.78 Å². The molecule has 0 atom stereocenters. The lowest BCUT2D eigenvalue weighted by atomic mass is 10.1. The molecule has 0 rings (SSSR count). The zero-order valence-electron chi connectivity index (χ0n) is 8.71. The molecule has 78 valence electrons. The average molecular weight is 205 g/mol. The Bertz CT molecular complexity index is 141. The molecule has 0 amide bonds. The lowest BCUT2D eigenvalue weighted by Gasteiger charge is -1.91. The molecule has 13 heavy (non-hydrogen) atoms. The maximum atomic E-state index is 11.0. The highest BCUT2D eigenvalue weighted by Crippen LogP contribution is 2.00. The van der Waals surface area contributed by atoms with Crippen LogP contribution in [0, 0.1) is 0 Å². The first kappa shape index (κ1) is 15.2. The van der Waals surface area contributed by atoms with Crippen molar-refractivity contribution in [2.24, 2.45) is 0 Å². The van der Waals surface area contributed by atoms with Crippen molar-refractivity contribution < 1.29 is 4.79 Å². The van der Waals surface area contributed by atoms with Gasteiger partial charge in [-0.25, -0.2) is 0 Å². The van der Waals surface area contributed by atoms with Crippen molar-refractivity contribution in [3.8, 4) is 0 Å². The smallest absolute Gasteiger partial charge is 0.155 e. The lowest BCUT2D eigenvalue weighted by Crippen LogP contribution is -1.89. The summed E-state index contributed by atoms with van der Waals surface area (Å²) in [6, 6.07) is 0. The highest BCUT2D eigenvalue weighted by molar-refractivity contribution is 5.89. The number of carbonyl (C=O) groups is 1. The van der Waals surface area contributed by atoms with Crippen molar-refractivity contribution in [2.45, 2.75) is 52.4 Å². The second-order valence-corrected chi connectivity index (χ2v) is 3.11. The van der Waals surface area contributed by atoms with E-state index in [9.17, 15) is 4.79 Å². The molecule has 0 N–H and O–H groups in total. The molecule has 0 spiro atoms.